The number of carbonyl (C=O) groups excluding carboxylic acids is 1. The number of thiazole rings is 1. The lowest BCUT2D eigenvalue weighted by molar-refractivity contribution is 0.0686. The molecule has 2 N–H and O–H groups in total. The second kappa shape index (κ2) is 10.1. The summed E-state index contributed by atoms with van der Waals surface area (Å²) >= 11 is 3.20. The first kappa shape index (κ1) is 23.4. The van der Waals surface area contributed by atoms with Crippen LogP contribution >= 0.6 is 47.5 Å². The number of hydrogen-bond acceptors (Lipinski definition) is 6. The van der Waals surface area contributed by atoms with Gasteiger partial charge in [-0.15, -0.1) is 36.2 Å². The van der Waals surface area contributed by atoms with E-state index in [1.165, 1.54) is 11.3 Å². The number of halogens is 2. The normalized spacial score (nSPS) is 16.1. The highest BCUT2D eigenvalue weighted by molar-refractivity contribution is 7.29. The molecule has 1 unspecified atom stereocenters. The lowest BCUT2D eigenvalue weighted by atomic mass is 9.91. The van der Waals surface area contributed by atoms with E-state index in [1.807, 2.05) is 11.0 Å². The molecule has 3 rings (SSSR count). The molecule has 0 aliphatic carbocycles. The van der Waals surface area contributed by atoms with Crippen LogP contribution in [0.3, 0.4) is 0 Å². The maximum Gasteiger partial charge on any atom is 0.264 e. The van der Waals surface area contributed by atoms with Gasteiger partial charge in [0.25, 0.3) is 5.91 Å². The Kier molecular flexibility index (Phi) is 9.09. The minimum Gasteiger partial charge on any atom is -0.349 e. The number of anilines is 1. The average molecular weight is 439 g/mol. The summed E-state index contributed by atoms with van der Waals surface area (Å²) in [5.74, 6) is 0.692. The van der Waals surface area contributed by atoms with Crippen LogP contribution in [0.1, 0.15) is 43.3 Å². The number of thiophene rings is 1. The SMILES string of the molecule is CCN(CC)c1nc2sc(C(=O)N3CCC(C(C)N)CC3)cc2s1.Cl.Cl. The quantitative estimate of drug-likeness (QED) is 0.757. The van der Waals surface area contributed by atoms with Crippen LogP contribution in [0.25, 0.3) is 9.53 Å². The molecule has 1 aliphatic heterocycles. The van der Waals surface area contributed by atoms with E-state index in [-0.39, 0.29) is 36.8 Å². The highest BCUT2D eigenvalue weighted by Crippen LogP contribution is 2.35. The number of carbonyl (C=O) groups is 1. The number of piperidine rings is 1. The number of fused-ring (bicyclic) bond motifs is 1. The van der Waals surface area contributed by atoms with E-state index in [9.17, 15) is 4.79 Å². The lowest BCUT2D eigenvalue weighted by Crippen LogP contribution is -2.42. The molecule has 0 saturated carbocycles. The first-order valence-corrected chi connectivity index (χ1v) is 10.4. The van der Waals surface area contributed by atoms with Crippen LogP contribution in [0.4, 0.5) is 5.13 Å². The van der Waals surface area contributed by atoms with Gasteiger partial charge in [0.1, 0.15) is 4.83 Å². The molecule has 1 atom stereocenters. The Labute approximate surface area is 175 Å². The molecular weight excluding hydrogens is 411 g/mol. The molecule has 2 aromatic heterocycles. The summed E-state index contributed by atoms with van der Waals surface area (Å²) in [5, 5.41) is 1.05. The van der Waals surface area contributed by atoms with Crippen molar-refractivity contribution >= 4 is 68.1 Å². The van der Waals surface area contributed by atoms with Crippen molar-refractivity contribution in [3.8, 4) is 0 Å². The van der Waals surface area contributed by atoms with Gasteiger partial charge in [0, 0.05) is 32.2 Å². The van der Waals surface area contributed by atoms with Crippen LogP contribution in [-0.4, -0.2) is 48.0 Å². The fraction of sp³-hybridized carbons (Fsp3) is 0.647. The van der Waals surface area contributed by atoms with Gasteiger partial charge in [-0.3, -0.25) is 4.79 Å². The molecule has 26 heavy (non-hydrogen) atoms. The van der Waals surface area contributed by atoms with E-state index in [4.69, 9.17) is 10.7 Å². The Hall–Kier alpha value is -0.600. The summed E-state index contributed by atoms with van der Waals surface area (Å²) in [6.45, 7) is 9.88. The van der Waals surface area contributed by atoms with Crippen molar-refractivity contribution < 1.29 is 4.79 Å². The van der Waals surface area contributed by atoms with Gasteiger partial charge < -0.3 is 15.5 Å². The van der Waals surface area contributed by atoms with Crippen LogP contribution in [0.5, 0.6) is 0 Å². The minimum absolute atomic E-state index is 0. The molecule has 1 amide bonds. The van der Waals surface area contributed by atoms with E-state index in [0.717, 1.165) is 58.6 Å². The molecule has 9 heteroatoms. The Bertz CT molecular complexity index is 675. The first-order chi connectivity index (χ1) is 11.5. The smallest absolute Gasteiger partial charge is 0.264 e. The Balaban J connectivity index is 0.00000169. The van der Waals surface area contributed by atoms with Crippen molar-refractivity contribution in [2.24, 2.45) is 11.7 Å². The number of hydrogen-bond donors (Lipinski definition) is 1. The fourth-order valence-electron chi connectivity index (χ4n) is 3.24. The third kappa shape index (κ3) is 4.81. The van der Waals surface area contributed by atoms with E-state index >= 15 is 0 Å². The van der Waals surface area contributed by atoms with Crippen molar-refractivity contribution in [3.05, 3.63) is 10.9 Å². The van der Waals surface area contributed by atoms with Crippen LogP contribution < -0.4 is 10.6 Å². The van der Waals surface area contributed by atoms with E-state index in [1.54, 1.807) is 11.3 Å². The molecule has 1 saturated heterocycles. The van der Waals surface area contributed by atoms with Crippen molar-refractivity contribution in [2.45, 2.75) is 39.7 Å². The molecule has 1 aliphatic rings. The summed E-state index contributed by atoms with van der Waals surface area (Å²) in [7, 11) is 0. The number of likely N-dealkylation sites (tertiary alicyclic amines) is 1. The monoisotopic (exact) mass is 438 g/mol. The second-order valence-corrected chi connectivity index (χ2v) is 8.48. The van der Waals surface area contributed by atoms with Crippen molar-refractivity contribution in [2.75, 3.05) is 31.1 Å². The molecule has 0 bridgehead atoms. The predicted molar refractivity (Wildman–Crippen MR) is 118 cm³/mol. The van der Waals surface area contributed by atoms with Crippen molar-refractivity contribution in [1.29, 1.82) is 0 Å². The number of amides is 1. The third-order valence-corrected chi connectivity index (χ3v) is 7.10. The van der Waals surface area contributed by atoms with Gasteiger partial charge in [-0.1, -0.05) is 11.3 Å². The van der Waals surface area contributed by atoms with Crippen LogP contribution in [0, 0.1) is 5.92 Å². The summed E-state index contributed by atoms with van der Waals surface area (Å²) in [6, 6.07) is 2.24. The third-order valence-electron chi connectivity index (χ3n) is 4.89. The minimum atomic E-state index is 0. The topological polar surface area (TPSA) is 62.5 Å². The number of nitrogens with zero attached hydrogens (tertiary/aromatic N) is 3. The second-order valence-electron chi connectivity index (χ2n) is 6.44. The predicted octanol–water partition coefficient (Wildman–Crippen LogP) is 4.25. The zero-order chi connectivity index (χ0) is 17.3. The molecule has 1 fully saturated rings. The number of nitrogens with two attached hydrogens (primary N) is 1. The molecule has 0 aromatic carbocycles. The maximum atomic E-state index is 12.7. The van der Waals surface area contributed by atoms with Gasteiger partial charge in [-0.05, 0) is 45.6 Å². The summed E-state index contributed by atoms with van der Waals surface area (Å²) in [5.41, 5.74) is 5.99. The molecule has 3 heterocycles. The maximum absolute atomic E-state index is 12.7. The molecule has 0 radical (unpaired) electrons. The van der Waals surface area contributed by atoms with Crippen LogP contribution in [0.15, 0.2) is 6.07 Å². The van der Waals surface area contributed by atoms with Gasteiger partial charge in [0.05, 0.1) is 9.58 Å². The molecule has 5 nitrogen and oxygen atoms in total. The zero-order valence-electron chi connectivity index (χ0n) is 15.4. The molecular formula is C17H28Cl2N4OS2. The Morgan fingerprint density at radius 1 is 1.31 bits per heavy atom. The Morgan fingerprint density at radius 2 is 1.92 bits per heavy atom. The molecule has 0 spiro atoms. The average Bonchev–Trinajstić information content (AvgIpc) is 3.14. The summed E-state index contributed by atoms with van der Waals surface area (Å²) < 4.78 is 1.12. The highest BCUT2D eigenvalue weighted by Gasteiger charge is 2.27. The van der Waals surface area contributed by atoms with Crippen molar-refractivity contribution in [3.63, 3.8) is 0 Å². The zero-order valence-corrected chi connectivity index (χ0v) is 18.7. The molecule has 2 aromatic rings. The van der Waals surface area contributed by atoms with E-state index in [2.05, 4.69) is 25.7 Å². The van der Waals surface area contributed by atoms with Crippen LogP contribution in [-0.2, 0) is 0 Å². The van der Waals surface area contributed by atoms with Gasteiger partial charge in [0.15, 0.2) is 5.13 Å². The van der Waals surface area contributed by atoms with Crippen molar-refractivity contribution in [1.82, 2.24) is 9.88 Å². The van der Waals surface area contributed by atoms with Gasteiger partial charge in [0.2, 0.25) is 0 Å². The first-order valence-electron chi connectivity index (χ1n) is 8.73. The largest absolute Gasteiger partial charge is 0.349 e. The van der Waals surface area contributed by atoms with E-state index < -0.39 is 0 Å². The summed E-state index contributed by atoms with van der Waals surface area (Å²) in [4.78, 5) is 23.5. The Morgan fingerprint density at radius 3 is 2.42 bits per heavy atom. The lowest BCUT2D eigenvalue weighted by Gasteiger charge is -2.33. The summed E-state index contributed by atoms with van der Waals surface area (Å²) in [6.07, 6.45) is 2.01. The number of rotatable bonds is 5. The van der Waals surface area contributed by atoms with E-state index in [0.29, 0.717) is 5.92 Å². The van der Waals surface area contributed by atoms with Gasteiger partial charge in [-0.25, -0.2) is 4.98 Å². The standard InChI is InChI=1S/C17H26N4OS2.2ClH/c1-4-20(5-2)17-19-15-13(24-17)10-14(23-15)16(22)21-8-6-12(7-9-21)11(3)18;;/h10-12H,4-9,18H2,1-3H3;2*1H. The van der Waals surface area contributed by atoms with Gasteiger partial charge >= 0.3 is 0 Å². The fourth-order valence-corrected chi connectivity index (χ4v) is 5.55. The van der Waals surface area contributed by atoms with Gasteiger partial charge in [-0.2, -0.15) is 0 Å². The number of aromatic nitrogens is 1. The van der Waals surface area contributed by atoms with Crippen LogP contribution in [0.2, 0.25) is 0 Å². The highest BCUT2D eigenvalue weighted by atomic mass is 35.5. The molecule has 148 valence electrons.